The van der Waals surface area contributed by atoms with Crippen LogP contribution < -0.4 is 10.5 Å². The predicted molar refractivity (Wildman–Crippen MR) is 53.7 cm³/mol. The summed E-state index contributed by atoms with van der Waals surface area (Å²) in [4.78, 5) is 11.3. The summed E-state index contributed by atoms with van der Waals surface area (Å²) in [6.45, 7) is 0. The number of ether oxygens (including phenoxy) is 1. The Bertz CT molecular complexity index is 532. The third-order valence-electron chi connectivity index (χ3n) is 1.78. The first kappa shape index (κ1) is 9.79. The molecule has 0 aliphatic carbocycles. The van der Waals surface area contributed by atoms with Gasteiger partial charge in [0.05, 0.1) is 17.8 Å². The Morgan fingerprint density at radius 2 is 2.20 bits per heavy atom. The van der Waals surface area contributed by atoms with E-state index in [0.717, 1.165) is 4.68 Å². The number of methoxy groups -OCH3 is 1. The van der Waals surface area contributed by atoms with E-state index in [9.17, 15) is 4.79 Å². The fraction of sp³-hybridized carbons (Fsp3) is 0.111. The number of aromatic nitrogens is 2. The van der Waals surface area contributed by atoms with Crippen LogP contribution in [0.25, 0.3) is 5.69 Å². The van der Waals surface area contributed by atoms with Crippen LogP contribution in [0.15, 0.2) is 33.5 Å². The van der Waals surface area contributed by atoms with Crippen molar-refractivity contribution < 1.29 is 9.15 Å². The minimum absolute atomic E-state index is 0.0973. The first-order chi connectivity index (χ1) is 7.22. The van der Waals surface area contributed by atoms with Gasteiger partial charge in [-0.15, -0.1) is 0 Å². The van der Waals surface area contributed by atoms with Crippen molar-refractivity contribution in [3.05, 3.63) is 39.8 Å². The van der Waals surface area contributed by atoms with Crippen molar-refractivity contribution in [3.8, 4) is 11.8 Å². The van der Waals surface area contributed by atoms with Crippen LogP contribution in [0.3, 0.4) is 0 Å². The molecule has 0 atom stereocenters. The first-order valence-electron chi connectivity index (χ1n) is 4.11. The summed E-state index contributed by atoms with van der Waals surface area (Å²) < 4.78 is 10.4. The van der Waals surface area contributed by atoms with Crippen molar-refractivity contribution in [3.63, 3.8) is 0 Å². The Balaban J connectivity index is 2.59. The lowest BCUT2D eigenvalue weighted by atomic mass is 10.3. The zero-order valence-corrected chi connectivity index (χ0v) is 8.56. The summed E-state index contributed by atoms with van der Waals surface area (Å²) in [6.07, 6.45) is -0.0973. The highest BCUT2D eigenvalue weighted by Crippen LogP contribution is 2.18. The maximum atomic E-state index is 11.3. The second-order valence-corrected chi connectivity index (χ2v) is 3.11. The summed E-state index contributed by atoms with van der Waals surface area (Å²) in [6, 6.07) is 6.82. The number of rotatable bonds is 2. The SMILES string of the molecule is COc1nn(-c2ccccc2Cl)c(=O)o1. The molecule has 6 heteroatoms. The maximum Gasteiger partial charge on any atom is 0.444 e. The van der Waals surface area contributed by atoms with Gasteiger partial charge in [-0.2, -0.15) is 4.68 Å². The minimum atomic E-state index is -0.639. The number of halogens is 1. The average Bonchev–Trinajstić information content (AvgIpc) is 2.60. The maximum absolute atomic E-state index is 11.3. The Morgan fingerprint density at radius 1 is 1.47 bits per heavy atom. The first-order valence-corrected chi connectivity index (χ1v) is 4.49. The van der Waals surface area contributed by atoms with E-state index in [0.29, 0.717) is 10.7 Å². The third kappa shape index (κ3) is 1.73. The van der Waals surface area contributed by atoms with E-state index in [4.69, 9.17) is 16.3 Å². The molecule has 2 rings (SSSR count). The molecule has 0 N–H and O–H groups in total. The van der Waals surface area contributed by atoms with Crippen LogP contribution in [-0.2, 0) is 0 Å². The van der Waals surface area contributed by atoms with Crippen LogP contribution in [0.1, 0.15) is 0 Å². The van der Waals surface area contributed by atoms with Crippen molar-refractivity contribution in [2.24, 2.45) is 0 Å². The Morgan fingerprint density at radius 3 is 2.80 bits per heavy atom. The quantitative estimate of drug-likeness (QED) is 0.779. The normalized spacial score (nSPS) is 10.3. The number of hydrogen-bond donors (Lipinski definition) is 0. The summed E-state index contributed by atoms with van der Waals surface area (Å²) in [5, 5.41) is 4.20. The molecule has 2 aromatic rings. The van der Waals surface area contributed by atoms with Crippen molar-refractivity contribution >= 4 is 11.6 Å². The molecule has 1 aromatic heterocycles. The topological polar surface area (TPSA) is 57.3 Å². The highest BCUT2D eigenvalue weighted by Gasteiger charge is 2.11. The lowest BCUT2D eigenvalue weighted by molar-refractivity contribution is 0.282. The van der Waals surface area contributed by atoms with Crippen molar-refractivity contribution in [1.82, 2.24) is 9.78 Å². The number of para-hydroxylation sites is 1. The molecule has 0 amide bonds. The van der Waals surface area contributed by atoms with E-state index >= 15 is 0 Å². The van der Waals surface area contributed by atoms with Crippen LogP contribution in [-0.4, -0.2) is 16.9 Å². The molecule has 1 aromatic carbocycles. The molecule has 0 saturated heterocycles. The fourth-order valence-corrected chi connectivity index (χ4v) is 1.33. The molecule has 5 nitrogen and oxygen atoms in total. The molecule has 0 bridgehead atoms. The summed E-state index contributed by atoms with van der Waals surface area (Å²) in [5.74, 6) is -0.639. The van der Waals surface area contributed by atoms with Gasteiger partial charge in [0.25, 0.3) is 0 Å². The van der Waals surface area contributed by atoms with Crippen molar-refractivity contribution in [2.45, 2.75) is 0 Å². The number of hydrogen-bond acceptors (Lipinski definition) is 4. The molecule has 1 heterocycles. The Hall–Kier alpha value is -1.75. The largest absolute Gasteiger partial charge is 0.452 e. The monoisotopic (exact) mass is 226 g/mol. The van der Waals surface area contributed by atoms with Crippen LogP contribution in [0.2, 0.25) is 5.02 Å². The van der Waals surface area contributed by atoms with Crippen molar-refractivity contribution in [2.75, 3.05) is 7.11 Å². The highest BCUT2D eigenvalue weighted by molar-refractivity contribution is 6.32. The van der Waals surface area contributed by atoms with E-state index in [-0.39, 0.29) is 6.08 Å². The molecular formula is C9H7ClN2O3. The van der Waals surface area contributed by atoms with Crippen LogP contribution in [0, 0.1) is 0 Å². The molecule has 0 spiro atoms. The molecule has 0 unspecified atom stereocenters. The number of nitrogens with zero attached hydrogens (tertiary/aromatic N) is 2. The highest BCUT2D eigenvalue weighted by atomic mass is 35.5. The second-order valence-electron chi connectivity index (χ2n) is 2.70. The average molecular weight is 227 g/mol. The minimum Gasteiger partial charge on any atom is -0.452 e. The van der Waals surface area contributed by atoms with E-state index in [1.807, 2.05) is 0 Å². The van der Waals surface area contributed by atoms with Crippen LogP contribution >= 0.6 is 11.6 Å². The van der Waals surface area contributed by atoms with E-state index < -0.39 is 5.76 Å². The molecule has 0 aliphatic heterocycles. The fourth-order valence-electron chi connectivity index (χ4n) is 1.12. The molecule has 0 saturated carbocycles. The van der Waals surface area contributed by atoms with Gasteiger partial charge < -0.3 is 9.15 Å². The van der Waals surface area contributed by atoms with Gasteiger partial charge in [0.1, 0.15) is 0 Å². The Kier molecular flexibility index (Phi) is 2.47. The number of benzene rings is 1. The van der Waals surface area contributed by atoms with Gasteiger partial charge in [0, 0.05) is 0 Å². The van der Waals surface area contributed by atoms with Crippen molar-refractivity contribution in [1.29, 1.82) is 0 Å². The van der Waals surface area contributed by atoms with Gasteiger partial charge in [-0.1, -0.05) is 28.8 Å². The van der Waals surface area contributed by atoms with E-state index in [1.165, 1.54) is 7.11 Å². The molecule has 15 heavy (non-hydrogen) atoms. The molecular weight excluding hydrogens is 220 g/mol. The van der Waals surface area contributed by atoms with Gasteiger partial charge in [-0.25, -0.2) is 4.79 Å². The van der Waals surface area contributed by atoms with E-state index in [2.05, 4.69) is 9.52 Å². The predicted octanol–water partition coefficient (Wildman–Crippen LogP) is 1.49. The molecule has 78 valence electrons. The van der Waals surface area contributed by atoms with Crippen LogP contribution in [0.4, 0.5) is 0 Å². The zero-order chi connectivity index (χ0) is 10.8. The van der Waals surface area contributed by atoms with Gasteiger partial charge in [0.15, 0.2) is 0 Å². The van der Waals surface area contributed by atoms with Gasteiger partial charge in [-0.3, -0.25) is 0 Å². The smallest absolute Gasteiger partial charge is 0.444 e. The standard InChI is InChI=1S/C9H7ClN2O3/c1-14-8-11-12(9(13)15-8)7-5-3-2-4-6(7)10/h2-5H,1H3. The van der Waals surface area contributed by atoms with Gasteiger partial charge in [-0.05, 0) is 12.1 Å². The molecule has 0 aliphatic rings. The zero-order valence-electron chi connectivity index (χ0n) is 7.81. The summed E-state index contributed by atoms with van der Waals surface area (Å²) >= 11 is 5.90. The van der Waals surface area contributed by atoms with Gasteiger partial charge >= 0.3 is 11.8 Å². The lowest BCUT2D eigenvalue weighted by Gasteiger charge is -1.99. The second kappa shape index (κ2) is 3.78. The summed E-state index contributed by atoms with van der Waals surface area (Å²) in [7, 11) is 1.36. The molecule has 0 fully saturated rings. The molecule has 0 radical (unpaired) electrons. The lowest BCUT2D eigenvalue weighted by Crippen LogP contribution is -2.13. The van der Waals surface area contributed by atoms with Gasteiger partial charge in [0.2, 0.25) is 0 Å². The Labute approximate surface area is 89.8 Å². The van der Waals surface area contributed by atoms with Crippen LogP contribution in [0.5, 0.6) is 6.08 Å². The third-order valence-corrected chi connectivity index (χ3v) is 2.10. The summed E-state index contributed by atoms with van der Waals surface area (Å²) in [5.41, 5.74) is 0.455. The van der Waals surface area contributed by atoms with E-state index in [1.54, 1.807) is 24.3 Å².